The number of morpholine rings is 1. The summed E-state index contributed by atoms with van der Waals surface area (Å²) in [7, 11) is 1.20. The molecule has 0 saturated carbocycles. The molecular formula is C26H23F6N3O6. The van der Waals surface area contributed by atoms with Crippen LogP contribution in [0.2, 0.25) is 0 Å². The van der Waals surface area contributed by atoms with Gasteiger partial charge < -0.3 is 29.6 Å². The van der Waals surface area contributed by atoms with Gasteiger partial charge in [0.05, 0.1) is 42.8 Å². The predicted molar refractivity (Wildman–Crippen MR) is 133 cm³/mol. The average molecular weight is 587 g/mol. The highest BCUT2D eigenvalue weighted by molar-refractivity contribution is 6.06. The van der Waals surface area contributed by atoms with Crippen molar-refractivity contribution in [2.75, 3.05) is 43.6 Å². The van der Waals surface area contributed by atoms with E-state index in [1.807, 2.05) is 0 Å². The zero-order chi connectivity index (χ0) is 29.9. The van der Waals surface area contributed by atoms with E-state index in [0.717, 1.165) is 18.2 Å². The molecule has 3 aromatic carbocycles. The number of ether oxygens (including phenoxy) is 3. The van der Waals surface area contributed by atoms with E-state index in [4.69, 9.17) is 14.2 Å². The summed E-state index contributed by atoms with van der Waals surface area (Å²) in [6.07, 6.45) is -9.51. The average Bonchev–Trinajstić information content (AvgIpc) is 2.92. The van der Waals surface area contributed by atoms with Crippen LogP contribution in [-0.2, 0) is 17.1 Å². The molecule has 1 heterocycles. The van der Waals surface area contributed by atoms with Crippen molar-refractivity contribution in [2.45, 2.75) is 12.4 Å². The number of alkyl halides is 6. The topological polar surface area (TPSA) is 108 Å². The van der Waals surface area contributed by atoms with Crippen LogP contribution in [0.1, 0.15) is 21.5 Å². The van der Waals surface area contributed by atoms with E-state index < -0.39 is 46.1 Å². The van der Waals surface area contributed by atoms with Gasteiger partial charge in [0.15, 0.2) is 17.2 Å². The summed E-state index contributed by atoms with van der Waals surface area (Å²) in [5.74, 6) is -1.50. The highest BCUT2D eigenvalue weighted by Gasteiger charge is 2.33. The molecule has 0 radical (unpaired) electrons. The molecule has 0 bridgehead atoms. The minimum Gasteiger partial charge on any atom is -0.595 e. The van der Waals surface area contributed by atoms with E-state index in [0.29, 0.717) is 44.1 Å². The lowest BCUT2D eigenvalue weighted by Gasteiger charge is -2.31. The Labute approximate surface area is 229 Å². The molecule has 0 aromatic heterocycles. The summed E-state index contributed by atoms with van der Waals surface area (Å²) in [5, 5.41) is 21.4. The van der Waals surface area contributed by atoms with Crippen LogP contribution in [0.3, 0.4) is 0 Å². The van der Waals surface area contributed by atoms with Crippen LogP contribution >= 0.6 is 0 Å². The first-order valence-electron chi connectivity index (χ1n) is 11.9. The number of nitrogens with one attached hydrogen (secondary N) is 2. The van der Waals surface area contributed by atoms with E-state index in [1.165, 1.54) is 31.4 Å². The Hall–Kier alpha value is -4.05. The monoisotopic (exact) mass is 587 g/mol. The largest absolute Gasteiger partial charge is 0.595 e. The van der Waals surface area contributed by atoms with Gasteiger partial charge in [0, 0.05) is 30.8 Å². The number of halogens is 6. The van der Waals surface area contributed by atoms with Crippen LogP contribution in [0, 0.1) is 5.21 Å². The number of methoxy groups -OCH3 is 1. The van der Waals surface area contributed by atoms with Gasteiger partial charge in [-0.15, -0.1) is 0 Å². The Kier molecular flexibility index (Phi) is 8.63. The minimum atomic E-state index is -4.85. The second kappa shape index (κ2) is 11.8. The number of carbonyl (C=O) groups excluding carboxylic acids is 1. The van der Waals surface area contributed by atoms with E-state index in [1.54, 1.807) is 4.90 Å². The maximum absolute atomic E-state index is 13.4. The number of quaternary nitrogens is 1. The van der Waals surface area contributed by atoms with Gasteiger partial charge in [-0.3, -0.25) is 4.79 Å². The number of rotatable bonds is 7. The van der Waals surface area contributed by atoms with E-state index in [2.05, 4.69) is 5.32 Å². The Balaban J connectivity index is 1.63. The summed E-state index contributed by atoms with van der Waals surface area (Å²) in [6.45, 7) is 1.50. The molecular weight excluding hydrogens is 564 g/mol. The molecule has 1 aliphatic heterocycles. The first kappa shape index (κ1) is 29.9. The summed E-state index contributed by atoms with van der Waals surface area (Å²) >= 11 is 0. The number of benzene rings is 3. The van der Waals surface area contributed by atoms with Crippen LogP contribution < -0.4 is 24.9 Å². The Morgan fingerprint density at radius 3 is 2.24 bits per heavy atom. The second-order valence-corrected chi connectivity index (χ2v) is 8.80. The van der Waals surface area contributed by atoms with Crippen LogP contribution in [-0.4, -0.2) is 44.5 Å². The molecule has 0 aliphatic carbocycles. The van der Waals surface area contributed by atoms with Gasteiger partial charge in [-0.2, -0.15) is 31.6 Å². The van der Waals surface area contributed by atoms with Gasteiger partial charge in [0.1, 0.15) is 5.75 Å². The molecule has 1 aliphatic rings. The van der Waals surface area contributed by atoms with E-state index in [9.17, 15) is 41.6 Å². The SMILES string of the molecule is COc1cc(C(=O)Nc2cc(C(F)(F)F)ccc2N2CCOCC2)ccc1Oc1cc([NH+]([O-])O)cc(C(F)(F)F)c1. The first-order valence-corrected chi connectivity index (χ1v) is 11.9. The molecule has 1 unspecified atom stereocenters. The third kappa shape index (κ3) is 7.18. The van der Waals surface area contributed by atoms with Crippen molar-refractivity contribution in [1.29, 1.82) is 0 Å². The fourth-order valence-electron chi connectivity index (χ4n) is 4.05. The van der Waals surface area contributed by atoms with Crippen LogP contribution in [0.15, 0.2) is 54.6 Å². The van der Waals surface area contributed by atoms with Crippen molar-refractivity contribution >= 4 is 23.0 Å². The molecule has 1 atom stereocenters. The minimum absolute atomic E-state index is 0.0604. The Bertz CT molecular complexity index is 1410. The highest BCUT2D eigenvalue weighted by Crippen LogP contribution is 2.39. The van der Waals surface area contributed by atoms with Crippen molar-refractivity contribution < 1.29 is 55.8 Å². The second-order valence-electron chi connectivity index (χ2n) is 8.80. The molecule has 1 amide bonds. The number of hydrogen-bond acceptors (Lipinski definition) is 7. The summed E-state index contributed by atoms with van der Waals surface area (Å²) in [6, 6.07) is 8.55. The maximum Gasteiger partial charge on any atom is 0.416 e. The van der Waals surface area contributed by atoms with E-state index in [-0.39, 0.29) is 22.7 Å². The summed E-state index contributed by atoms with van der Waals surface area (Å²) < 4.78 is 96.0. The third-order valence-corrected chi connectivity index (χ3v) is 6.06. The Morgan fingerprint density at radius 2 is 1.63 bits per heavy atom. The van der Waals surface area contributed by atoms with Gasteiger partial charge in [0.2, 0.25) is 0 Å². The lowest BCUT2D eigenvalue weighted by Crippen LogP contribution is -2.99. The fraction of sp³-hybridized carbons (Fsp3) is 0.269. The molecule has 4 rings (SSSR count). The number of nitrogens with zero attached hydrogens (tertiary/aromatic N) is 1. The smallest absolute Gasteiger partial charge is 0.416 e. The standard InChI is InChI=1S/C26H23F6N3O6/c1-39-23-10-15(2-5-22(23)41-19-12-17(26(30,31)32)11-18(14-19)35(37)38)24(36)33-20-13-16(25(27,28)29)3-4-21(20)34-6-8-40-9-7-34/h2-5,10-14,35,37H,6-9H2,1H3,(H,33,36). The van der Waals surface area contributed by atoms with Crippen molar-refractivity contribution in [1.82, 2.24) is 0 Å². The number of carbonyl (C=O) groups is 1. The fourth-order valence-corrected chi connectivity index (χ4v) is 4.05. The third-order valence-electron chi connectivity index (χ3n) is 6.06. The van der Waals surface area contributed by atoms with Crippen LogP contribution in [0.5, 0.6) is 17.2 Å². The van der Waals surface area contributed by atoms with Crippen molar-refractivity contribution in [3.05, 3.63) is 76.5 Å². The van der Waals surface area contributed by atoms with Crippen molar-refractivity contribution in [3.63, 3.8) is 0 Å². The van der Waals surface area contributed by atoms with Crippen molar-refractivity contribution in [2.24, 2.45) is 0 Å². The van der Waals surface area contributed by atoms with Gasteiger partial charge in [0.25, 0.3) is 5.91 Å². The van der Waals surface area contributed by atoms with Gasteiger partial charge >= 0.3 is 12.4 Å². The summed E-state index contributed by atoms with van der Waals surface area (Å²) in [5.41, 5.74) is -2.67. The molecule has 1 fully saturated rings. The molecule has 9 nitrogen and oxygen atoms in total. The maximum atomic E-state index is 13.4. The normalized spacial score (nSPS) is 14.9. The molecule has 41 heavy (non-hydrogen) atoms. The van der Waals surface area contributed by atoms with Crippen LogP contribution in [0.4, 0.5) is 43.4 Å². The predicted octanol–water partition coefficient (Wildman–Crippen LogP) is 5.02. The lowest BCUT2D eigenvalue weighted by molar-refractivity contribution is -0.991. The number of amides is 1. The number of anilines is 2. The van der Waals surface area contributed by atoms with E-state index >= 15 is 0 Å². The molecule has 3 aromatic rings. The Morgan fingerprint density at radius 1 is 0.951 bits per heavy atom. The molecule has 15 heteroatoms. The quantitative estimate of drug-likeness (QED) is 0.263. The lowest BCUT2D eigenvalue weighted by atomic mass is 10.1. The number of hydrogen-bond donors (Lipinski definition) is 3. The molecule has 0 spiro atoms. The molecule has 220 valence electrons. The zero-order valence-electron chi connectivity index (χ0n) is 21.2. The van der Waals surface area contributed by atoms with Gasteiger partial charge in [-0.05, 0) is 42.5 Å². The first-order chi connectivity index (χ1) is 19.3. The molecule has 1 saturated heterocycles. The molecule has 3 N–H and O–H groups in total. The van der Waals surface area contributed by atoms with Crippen molar-refractivity contribution in [3.8, 4) is 17.2 Å². The highest BCUT2D eigenvalue weighted by atomic mass is 19.4. The van der Waals surface area contributed by atoms with Gasteiger partial charge in [-0.1, -0.05) is 0 Å². The van der Waals surface area contributed by atoms with Gasteiger partial charge in [-0.25, -0.2) is 5.21 Å². The van der Waals surface area contributed by atoms with Crippen LogP contribution in [0.25, 0.3) is 0 Å². The zero-order valence-corrected chi connectivity index (χ0v) is 21.2. The summed E-state index contributed by atoms with van der Waals surface area (Å²) in [4.78, 5) is 14.9.